The van der Waals surface area contributed by atoms with Gasteiger partial charge in [0, 0.05) is 23.6 Å². The summed E-state index contributed by atoms with van der Waals surface area (Å²) in [6.07, 6.45) is 0. The number of ether oxygens (including phenoxy) is 2. The molecule has 104 valence electrons. The summed E-state index contributed by atoms with van der Waals surface area (Å²) in [6.45, 7) is 0.599. The first-order chi connectivity index (χ1) is 9.67. The lowest BCUT2D eigenvalue weighted by Gasteiger charge is -2.12. The van der Waals surface area contributed by atoms with E-state index in [9.17, 15) is 0 Å². The number of nitrogens with zero attached hydrogens (tertiary/aromatic N) is 1. The molecule has 0 saturated carbocycles. The second-order valence-electron chi connectivity index (χ2n) is 3.92. The largest absolute Gasteiger partial charge is 0.493 e. The molecule has 1 aromatic carbocycles. The number of methoxy groups -OCH3 is 2. The van der Waals surface area contributed by atoms with Crippen LogP contribution in [0.5, 0.6) is 11.5 Å². The van der Waals surface area contributed by atoms with Gasteiger partial charge in [-0.3, -0.25) is 0 Å². The zero-order valence-electron chi connectivity index (χ0n) is 11.1. The number of thiophene rings is 1. The van der Waals surface area contributed by atoms with Crippen molar-refractivity contribution in [1.29, 1.82) is 5.26 Å². The molecule has 2 aromatic rings. The highest BCUT2D eigenvalue weighted by molar-refractivity contribution is 7.12. The molecule has 0 fully saturated rings. The number of benzene rings is 1. The summed E-state index contributed by atoms with van der Waals surface area (Å²) in [6, 6.07) is 9.34. The molecule has 6 heteroatoms. The summed E-state index contributed by atoms with van der Waals surface area (Å²) < 4.78 is 10.4. The van der Waals surface area contributed by atoms with E-state index < -0.39 is 0 Å². The van der Waals surface area contributed by atoms with Crippen molar-refractivity contribution in [1.82, 2.24) is 0 Å². The molecule has 0 aliphatic carbocycles. The maximum Gasteiger partial charge on any atom is 0.162 e. The number of hydrogen-bond acceptors (Lipinski definition) is 5. The van der Waals surface area contributed by atoms with Crippen LogP contribution in [0, 0.1) is 11.3 Å². The van der Waals surface area contributed by atoms with E-state index >= 15 is 0 Å². The Morgan fingerprint density at radius 1 is 1.25 bits per heavy atom. The van der Waals surface area contributed by atoms with E-state index in [0.29, 0.717) is 27.9 Å². The molecule has 0 spiro atoms. The number of rotatable bonds is 5. The lowest BCUT2D eigenvalue weighted by atomic mass is 10.2. The summed E-state index contributed by atoms with van der Waals surface area (Å²) >= 11 is 7.64. The van der Waals surface area contributed by atoms with Gasteiger partial charge >= 0.3 is 0 Å². The average Bonchev–Trinajstić information content (AvgIpc) is 2.93. The van der Waals surface area contributed by atoms with Gasteiger partial charge in [-0.1, -0.05) is 11.6 Å². The third-order valence-corrected chi connectivity index (χ3v) is 4.00. The minimum Gasteiger partial charge on any atom is -0.493 e. The Morgan fingerprint density at radius 3 is 2.55 bits per heavy atom. The molecule has 0 saturated heterocycles. The molecule has 0 amide bonds. The predicted octanol–water partition coefficient (Wildman–Crippen LogP) is 3.90. The summed E-state index contributed by atoms with van der Waals surface area (Å²) in [4.78, 5) is 1.76. The lowest BCUT2D eigenvalue weighted by Crippen LogP contribution is -1.99. The fraction of sp³-hybridized carbons (Fsp3) is 0.214. The highest BCUT2D eigenvalue weighted by Crippen LogP contribution is 2.36. The van der Waals surface area contributed by atoms with Crippen molar-refractivity contribution >= 4 is 28.6 Å². The minimum absolute atomic E-state index is 0.555. The number of nitrogens with one attached hydrogen (secondary N) is 1. The molecule has 2 rings (SSSR count). The van der Waals surface area contributed by atoms with E-state index in [4.69, 9.17) is 26.3 Å². The molecular weight excluding hydrogens is 296 g/mol. The Labute approximate surface area is 126 Å². The zero-order valence-corrected chi connectivity index (χ0v) is 12.6. The number of nitriles is 1. The van der Waals surface area contributed by atoms with Gasteiger partial charge in [0.15, 0.2) is 11.5 Å². The van der Waals surface area contributed by atoms with E-state index in [1.165, 1.54) is 11.3 Å². The van der Waals surface area contributed by atoms with Crippen molar-refractivity contribution in [2.75, 3.05) is 19.5 Å². The molecule has 0 unspecified atom stereocenters. The predicted molar refractivity (Wildman–Crippen MR) is 80.9 cm³/mol. The van der Waals surface area contributed by atoms with Gasteiger partial charge in [0.05, 0.1) is 24.9 Å². The molecule has 0 atom stereocenters. The first-order valence-corrected chi connectivity index (χ1v) is 7.01. The van der Waals surface area contributed by atoms with Gasteiger partial charge in [-0.25, -0.2) is 0 Å². The average molecular weight is 309 g/mol. The summed E-state index contributed by atoms with van der Waals surface area (Å²) in [5.74, 6) is 1.20. The molecule has 0 aliphatic heterocycles. The fourth-order valence-corrected chi connectivity index (χ4v) is 2.67. The Hall–Kier alpha value is -1.90. The summed E-state index contributed by atoms with van der Waals surface area (Å²) in [5.41, 5.74) is 0.760. The fourth-order valence-electron chi connectivity index (χ4n) is 1.70. The molecule has 20 heavy (non-hydrogen) atoms. The van der Waals surface area contributed by atoms with Crippen molar-refractivity contribution < 1.29 is 9.47 Å². The molecule has 0 radical (unpaired) electrons. The van der Waals surface area contributed by atoms with Crippen LogP contribution >= 0.6 is 22.9 Å². The van der Waals surface area contributed by atoms with Crippen LogP contribution in [0.15, 0.2) is 24.3 Å². The first-order valence-electron chi connectivity index (χ1n) is 5.82. The van der Waals surface area contributed by atoms with Crippen LogP contribution in [0.3, 0.4) is 0 Å². The van der Waals surface area contributed by atoms with Gasteiger partial charge in [0.25, 0.3) is 0 Å². The molecule has 1 heterocycles. The van der Waals surface area contributed by atoms with Crippen molar-refractivity contribution in [2.24, 2.45) is 0 Å². The van der Waals surface area contributed by atoms with Crippen LogP contribution in [-0.2, 0) is 6.54 Å². The van der Waals surface area contributed by atoms with E-state index in [0.717, 1.165) is 10.6 Å². The lowest BCUT2D eigenvalue weighted by molar-refractivity contribution is 0.355. The van der Waals surface area contributed by atoms with E-state index in [1.807, 2.05) is 6.07 Å². The van der Waals surface area contributed by atoms with Gasteiger partial charge in [-0.2, -0.15) is 5.26 Å². The van der Waals surface area contributed by atoms with Gasteiger partial charge in [0.2, 0.25) is 0 Å². The van der Waals surface area contributed by atoms with Crippen LogP contribution in [0.1, 0.15) is 9.75 Å². The van der Waals surface area contributed by atoms with Gasteiger partial charge in [-0.15, -0.1) is 11.3 Å². The molecule has 0 aliphatic rings. The maximum atomic E-state index is 8.79. The normalized spacial score (nSPS) is 9.90. The SMILES string of the molecule is COc1cc(Cl)c(NCc2ccc(C#N)s2)cc1OC. The summed E-state index contributed by atoms with van der Waals surface area (Å²) in [5, 5.41) is 12.6. The van der Waals surface area contributed by atoms with Crippen LogP contribution in [0.25, 0.3) is 0 Å². The van der Waals surface area contributed by atoms with E-state index in [1.54, 1.807) is 32.4 Å². The van der Waals surface area contributed by atoms with Crippen LogP contribution in [0.4, 0.5) is 5.69 Å². The monoisotopic (exact) mass is 308 g/mol. The van der Waals surface area contributed by atoms with Crippen molar-refractivity contribution in [2.45, 2.75) is 6.54 Å². The second-order valence-corrected chi connectivity index (χ2v) is 5.49. The Balaban J connectivity index is 2.15. The standard InChI is InChI=1S/C14H13ClN2O2S/c1-18-13-5-11(15)12(6-14(13)19-2)17-8-10-4-3-9(7-16)20-10/h3-6,17H,8H2,1-2H3. The smallest absolute Gasteiger partial charge is 0.162 e. The van der Waals surface area contributed by atoms with E-state index in [-0.39, 0.29) is 0 Å². The zero-order chi connectivity index (χ0) is 14.5. The first kappa shape index (κ1) is 14.5. The minimum atomic E-state index is 0.555. The topological polar surface area (TPSA) is 54.3 Å². The molecular formula is C14H13ClN2O2S. The second kappa shape index (κ2) is 6.51. The molecule has 4 nitrogen and oxygen atoms in total. The van der Waals surface area contributed by atoms with E-state index in [2.05, 4.69) is 11.4 Å². The van der Waals surface area contributed by atoms with Gasteiger partial charge in [-0.05, 0) is 12.1 Å². The number of anilines is 1. The third kappa shape index (κ3) is 3.16. The van der Waals surface area contributed by atoms with Crippen molar-refractivity contribution in [3.05, 3.63) is 39.0 Å². The van der Waals surface area contributed by atoms with Crippen LogP contribution in [0.2, 0.25) is 5.02 Å². The number of hydrogen-bond donors (Lipinski definition) is 1. The highest BCUT2D eigenvalue weighted by atomic mass is 35.5. The molecule has 1 N–H and O–H groups in total. The van der Waals surface area contributed by atoms with Gasteiger partial charge < -0.3 is 14.8 Å². The quantitative estimate of drug-likeness (QED) is 0.910. The Bertz CT molecular complexity index is 649. The maximum absolute atomic E-state index is 8.79. The van der Waals surface area contributed by atoms with Crippen molar-refractivity contribution in [3.63, 3.8) is 0 Å². The highest BCUT2D eigenvalue weighted by Gasteiger charge is 2.10. The Morgan fingerprint density at radius 2 is 1.95 bits per heavy atom. The third-order valence-electron chi connectivity index (χ3n) is 2.70. The van der Waals surface area contributed by atoms with Crippen LogP contribution < -0.4 is 14.8 Å². The molecule has 1 aromatic heterocycles. The van der Waals surface area contributed by atoms with Gasteiger partial charge in [0.1, 0.15) is 10.9 Å². The summed E-state index contributed by atoms with van der Waals surface area (Å²) in [7, 11) is 3.14. The van der Waals surface area contributed by atoms with Crippen LogP contribution in [-0.4, -0.2) is 14.2 Å². The Kier molecular flexibility index (Phi) is 4.72. The molecule has 0 bridgehead atoms. The number of halogens is 1. The van der Waals surface area contributed by atoms with Crippen molar-refractivity contribution in [3.8, 4) is 17.6 Å².